The van der Waals surface area contributed by atoms with Gasteiger partial charge in [-0.3, -0.25) is 9.69 Å². The molecule has 0 aromatic heterocycles. The van der Waals surface area contributed by atoms with Gasteiger partial charge in [0.15, 0.2) is 0 Å². The summed E-state index contributed by atoms with van der Waals surface area (Å²) in [5.41, 5.74) is 0. The average molecular weight is 283 g/mol. The number of carbonyl (C=O) groups excluding carboxylic acids is 1. The van der Waals surface area contributed by atoms with Crippen LogP contribution < -0.4 is 5.32 Å². The Morgan fingerprint density at radius 3 is 2.55 bits per heavy atom. The zero-order valence-corrected chi connectivity index (χ0v) is 12.7. The van der Waals surface area contributed by atoms with Crippen LogP contribution in [0.4, 0.5) is 0 Å². The lowest BCUT2D eigenvalue weighted by molar-refractivity contribution is -0.140. The number of aliphatic hydroxyl groups is 1. The van der Waals surface area contributed by atoms with Crippen molar-refractivity contribution >= 4 is 5.91 Å². The van der Waals surface area contributed by atoms with E-state index in [1.54, 1.807) is 0 Å². The monoisotopic (exact) mass is 283 g/mol. The van der Waals surface area contributed by atoms with Gasteiger partial charge in [-0.05, 0) is 19.8 Å². The van der Waals surface area contributed by atoms with Crippen LogP contribution in [0, 0.1) is 0 Å². The third-order valence-corrected chi connectivity index (χ3v) is 4.70. The van der Waals surface area contributed by atoms with E-state index in [4.69, 9.17) is 0 Å². The minimum atomic E-state index is -0.0643. The normalized spacial score (nSPS) is 23.5. The molecule has 0 radical (unpaired) electrons. The molecule has 1 saturated heterocycles. The van der Waals surface area contributed by atoms with Crippen LogP contribution in [-0.2, 0) is 4.79 Å². The quantitative estimate of drug-likeness (QED) is 0.768. The van der Waals surface area contributed by atoms with Crippen LogP contribution in [0.25, 0.3) is 0 Å². The first-order valence-corrected chi connectivity index (χ1v) is 8.10. The lowest BCUT2D eigenvalue weighted by Crippen LogP contribution is -2.55. The van der Waals surface area contributed by atoms with Crippen molar-refractivity contribution in [2.45, 2.75) is 51.1 Å². The number of piperazine rings is 1. The van der Waals surface area contributed by atoms with Gasteiger partial charge in [0.05, 0.1) is 12.6 Å². The van der Waals surface area contributed by atoms with Crippen molar-refractivity contribution in [3.05, 3.63) is 0 Å². The maximum atomic E-state index is 12.8. The van der Waals surface area contributed by atoms with Gasteiger partial charge in [-0.15, -0.1) is 0 Å². The Balaban J connectivity index is 1.97. The predicted molar refractivity (Wildman–Crippen MR) is 79.6 cm³/mol. The Bertz CT molecular complexity index is 299. The Morgan fingerprint density at radius 2 is 1.95 bits per heavy atom. The van der Waals surface area contributed by atoms with Gasteiger partial charge in [-0.2, -0.15) is 0 Å². The number of nitrogens with one attached hydrogen (secondary N) is 1. The van der Waals surface area contributed by atoms with E-state index in [1.807, 2.05) is 11.8 Å². The molecule has 1 atom stereocenters. The molecule has 0 aromatic rings. The fourth-order valence-electron chi connectivity index (χ4n) is 3.44. The van der Waals surface area contributed by atoms with Crippen molar-refractivity contribution in [3.63, 3.8) is 0 Å². The molecule has 1 saturated carbocycles. The lowest BCUT2D eigenvalue weighted by Gasteiger charge is -2.39. The Kier molecular flexibility index (Phi) is 6.26. The van der Waals surface area contributed by atoms with Gasteiger partial charge < -0.3 is 15.3 Å². The molecule has 1 unspecified atom stereocenters. The molecule has 5 heteroatoms. The highest BCUT2D eigenvalue weighted by Gasteiger charge is 2.31. The second-order valence-corrected chi connectivity index (χ2v) is 6.01. The molecule has 116 valence electrons. The van der Waals surface area contributed by atoms with E-state index in [0.717, 1.165) is 39.0 Å². The van der Waals surface area contributed by atoms with Crippen molar-refractivity contribution in [1.82, 2.24) is 15.1 Å². The van der Waals surface area contributed by atoms with Gasteiger partial charge in [0.2, 0.25) is 5.91 Å². The van der Waals surface area contributed by atoms with E-state index < -0.39 is 0 Å². The second kappa shape index (κ2) is 7.96. The maximum absolute atomic E-state index is 12.8. The van der Waals surface area contributed by atoms with Gasteiger partial charge >= 0.3 is 0 Å². The second-order valence-electron chi connectivity index (χ2n) is 6.01. The molecule has 0 bridgehead atoms. The molecule has 2 N–H and O–H groups in total. The van der Waals surface area contributed by atoms with Gasteiger partial charge in [-0.25, -0.2) is 0 Å². The van der Waals surface area contributed by atoms with Crippen LogP contribution in [0.3, 0.4) is 0 Å². The fraction of sp³-hybridized carbons (Fsp3) is 0.933. The topological polar surface area (TPSA) is 55.8 Å². The summed E-state index contributed by atoms with van der Waals surface area (Å²) in [4.78, 5) is 17.0. The molecule has 1 amide bonds. The number of rotatable bonds is 5. The molecule has 1 aliphatic carbocycles. The highest BCUT2D eigenvalue weighted by atomic mass is 16.3. The Hall–Kier alpha value is -0.650. The number of carbonyl (C=O) groups is 1. The Labute approximate surface area is 122 Å². The summed E-state index contributed by atoms with van der Waals surface area (Å²) >= 11 is 0. The molecule has 2 fully saturated rings. The van der Waals surface area contributed by atoms with Crippen LogP contribution in [0.2, 0.25) is 0 Å². The van der Waals surface area contributed by atoms with Crippen LogP contribution in [0.15, 0.2) is 0 Å². The molecule has 20 heavy (non-hydrogen) atoms. The molecule has 1 aliphatic heterocycles. The smallest absolute Gasteiger partial charge is 0.239 e. The molecule has 5 nitrogen and oxygen atoms in total. The zero-order chi connectivity index (χ0) is 14.4. The molecule has 1 heterocycles. The zero-order valence-electron chi connectivity index (χ0n) is 12.7. The van der Waals surface area contributed by atoms with Crippen LogP contribution >= 0.6 is 0 Å². The molecule has 2 rings (SSSR count). The van der Waals surface area contributed by atoms with Crippen LogP contribution in [0.5, 0.6) is 0 Å². The minimum absolute atomic E-state index is 0.0643. The highest BCUT2D eigenvalue weighted by molar-refractivity contribution is 5.81. The summed E-state index contributed by atoms with van der Waals surface area (Å²) in [6.07, 6.45) is 5.90. The maximum Gasteiger partial charge on any atom is 0.239 e. The van der Waals surface area contributed by atoms with E-state index in [-0.39, 0.29) is 18.6 Å². The van der Waals surface area contributed by atoms with Gasteiger partial charge in [-0.1, -0.05) is 19.3 Å². The molecular weight excluding hydrogens is 254 g/mol. The van der Waals surface area contributed by atoms with Crippen molar-refractivity contribution in [2.24, 2.45) is 0 Å². The number of aliphatic hydroxyl groups excluding tert-OH is 1. The molecule has 0 aromatic carbocycles. The summed E-state index contributed by atoms with van der Waals surface area (Å²) in [7, 11) is 0. The first-order valence-electron chi connectivity index (χ1n) is 8.10. The van der Waals surface area contributed by atoms with E-state index in [9.17, 15) is 9.90 Å². The predicted octanol–water partition coefficient (Wildman–Crippen LogP) is 0.434. The van der Waals surface area contributed by atoms with E-state index in [1.165, 1.54) is 19.3 Å². The van der Waals surface area contributed by atoms with E-state index >= 15 is 0 Å². The van der Waals surface area contributed by atoms with Crippen molar-refractivity contribution in [1.29, 1.82) is 0 Å². The molecule has 0 spiro atoms. The van der Waals surface area contributed by atoms with Gasteiger partial charge in [0, 0.05) is 38.8 Å². The van der Waals surface area contributed by atoms with Crippen molar-refractivity contribution in [3.8, 4) is 0 Å². The van der Waals surface area contributed by atoms with E-state index in [0.29, 0.717) is 12.6 Å². The summed E-state index contributed by atoms with van der Waals surface area (Å²) in [5, 5.41) is 12.6. The van der Waals surface area contributed by atoms with Crippen LogP contribution in [-0.4, -0.2) is 72.2 Å². The molecular formula is C15H29N3O2. The number of nitrogens with zero attached hydrogens (tertiary/aromatic N) is 2. The number of amides is 1. The Morgan fingerprint density at radius 1 is 1.30 bits per heavy atom. The third kappa shape index (κ3) is 3.93. The minimum Gasteiger partial charge on any atom is -0.395 e. The molecule has 2 aliphatic rings. The fourth-order valence-corrected chi connectivity index (χ4v) is 3.44. The van der Waals surface area contributed by atoms with Crippen molar-refractivity contribution in [2.75, 3.05) is 39.3 Å². The van der Waals surface area contributed by atoms with E-state index in [2.05, 4.69) is 10.2 Å². The number of hydrogen-bond donors (Lipinski definition) is 2. The summed E-state index contributed by atoms with van der Waals surface area (Å²) in [6, 6.07) is 0.277. The summed E-state index contributed by atoms with van der Waals surface area (Å²) in [5.74, 6) is 0.202. The standard InChI is InChI=1S/C15H29N3O2/c1-13(17-9-7-16-8-10-17)15(20)18(11-12-19)14-5-3-2-4-6-14/h13-14,16,19H,2-12H2,1H3. The van der Waals surface area contributed by atoms with Crippen LogP contribution in [0.1, 0.15) is 39.0 Å². The third-order valence-electron chi connectivity index (χ3n) is 4.70. The first-order chi connectivity index (χ1) is 9.74. The SMILES string of the molecule is CC(C(=O)N(CCO)C1CCCCC1)N1CCNCC1. The summed E-state index contributed by atoms with van der Waals surface area (Å²) in [6.45, 7) is 6.36. The first kappa shape index (κ1) is 15.7. The summed E-state index contributed by atoms with van der Waals surface area (Å²) < 4.78 is 0. The largest absolute Gasteiger partial charge is 0.395 e. The lowest BCUT2D eigenvalue weighted by atomic mass is 9.93. The van der Waals surface area contributed by atoms with Gasteiger partial charge in [0.1, 0.15) is 0 Å². The van der Waals surface area contributed by atoms with Gasteiger partial charge in [0.25, 0.3) is 0 Å². The van der Waals surface area contributed by atoms with Crippen molar-refractivity contribution < 1.29 is 9.90 Å². The highest BCUT2D eigenvalue weighted by Crippen LogP contribution is 2.23. The average Bonchev–Trinajstić information content (AvgIpc) is 2.53. The number of hydrogen-bond acceptors (Lipinski definition) is 4.